The van der Waals surface area contributed by atoms with Crippen molar-refractivity contribution in [3.05, 3.63) is 47.6 Å². The predicted octanol–water partition coefficient (Wildman–Crippen LogP) is 1.67. The van der Waals surface area contributed by atoms with Crippen molar-refractivity contribution in [1.82, 2.24) is 24.8 Å². The highest BCUT2D eigenvalue weighted by Crippen LogP contribution is 2.37. The molecular weight excluding hydrogens is 306 g/mol. The first-order valence-corrected chi connectivity index (χ1v) is 8.23. The van der Waals surface area contributed by atoms with Crippen LogP contribution in [0.15, 0.2) is 24.7 Å². The highest BCUT2D eigenvalue weighted by molar-refractivity contribution is 5.93. The number of ether oxygens (including phenoxy) is 1. The zero-order chi connectivity index (χ0) is 16.5. The summed E-state index contributed by atoms with van der Waals surface area (Å²) in [5.41, 5.74) is 1.33. The van der Waals surface area contributed by atoms with E-state index in [9.17, 15) is 4.79 Å². The molecule has 7 heteroatoms. The first-order valence-electron chi connectivity index (χ1n) is 8.23. The smallest absolute Gasteiger partial charge is 0.257 e. The fourth-order valence-corrected chi connectivity index (χ4v) is 2.85. The Balaban J connectivity index is 1.47. The molecule has 124 valence electrons. The number of rotatable bonds is 3. The van der Waals surface area contributed by atoms with Crippen LogP contribution in [0.1, 0.15) is 52.6 Å². The van der Waals surface area contributed by atoms with Gasteiger partial charge in [-0.2, -0.15) is 0 Å². The van der Waals surface area contributed by atoms with Crippen LogP contribution in [-0.2, 0) is 4.74 Å². The zero-order valence-corrected chi connectivity index (χ0v) is 13.6. The molecule has 2 aromatic heterocycles. The summed E-state index contributed by atoms with van der Waals surface area (Å²) in [6, 6.07) is 1.83. The molecule has 2 aliphatic rings. The van der Waals surface area contributed by atoms with Gasteiger partial charge in [-0.25, -0.2) is 19.9 Å². The van der Waals surface area contributed by atoms with Gasteiger partial charge in [0.15, 0.2) is 0 Å². The standard InChI is InChI=1S/C17H19N5O2/c1-11-18-5-4-14(21-11)15-10-22(6-7-24-15)17(23)13-8-19-16(20-9-13)12-2-3-12/h4-5,8-9,12,15H,2-3,6-7,10H2,1H3/t15-/m0/s1. The van der Waals surface area contributed by atoms with E-state index in [-0.39, 0.29) is 12.0 Å². The summed E-state index contributed by atoms with van der Waals surface area (Å²) >= 11 is 0. The molecule has 2 aromatic rings. The monoisotopic (exact) mass is 325 g/mol. The van der Waals surface area contributed by atoms with Crippen LogP contribution in [0.25, 0.3) is 0 Å². The van der Waals surface area contributed by atoms with Crippen LogP contribution in [-0.4, -0.2) is 50.4 Å². The van der Waals surface area contributed by atoms with Crippen molar-refractivity contribution in [1.29, 1.82) is 0 Å². The summed E-state index contributed by atoms with van der Waals surface area (Å²) in [5.74, 6) is 1.98. The summed E-state index contributed by atoms with van der Waals surface area (Å²) in [5, 5.41) is 0. The Kier molecular flexibility index (Phi) is 3.93. The number of hydrogen-bond donors (Lipinski definition) is 0. The van der Waals surface area contributed by atoms with E-state index in [1.807, 2.05) is 13.0 Å². The zero-order valence-electron chi connectivity index (χ0n) is 13.6. The molecule has 0 spiro atoms. The van der Waals surface area contributed by atoms with Gasteiger partial charge < -0.3 is 9.64 Å². The second-order valence-corrected chi connectivity index (χ2v) is 6.24. The third-order valence-electron chi connectivity index (χ3n) is 4.34. The van der Waals surface area contributed by atoms with Crippen LogP contribution in [0.4, 0.5) is 0 Å². The van der Waals surface area contributed by atoms with Gasteiger partial charge in [-0.05, 0) is 25.8 Å². The summed E-state index contributed by atoms with van der Waals surface area (Å²) in [6.45, 7) is 3.36. The number of aryl methyl sites for hydroxylation is 1. The first-order chi connectivity index (χ1) is 11.7. The Morgan fingerprint density at radius 2 is 2.04 bits per heavy atom. The number of nitrogens with zero attached hydrogens (tertiary/aromatic N) is 5. The summed E-state index contributed by atoms with van der Waals surface area (Å²) < 4.78 is 5.78. The van der Waals surface area contributed by atoms with Gasteiger partial charge in [-0.1, -0.05) is 0 Å². The lowest BCUT2D eigenvalue weighted by atomic mass is 10.1. The molecule has 0 aromatic carbocycles. The minimum Gasteiger partial charge on any atom is -0.368 e. The molecule has 24 heavy (non-hydrogen) atoms. The molecule has 1 saturated carbocycles. The second kappa shape index (κ2) is 6.24. The quantitative estimate of drug-likeness (QED) is 0.854. The van der Waals surface area contributed by atoms with E-state index in [4.69, 9.17) is 4.74 Å². The normalized spacial score (nSPS) is 20.9. The van der Waals surface area contributed by atoms with Gasteiger partial charge in [0.05, 0.1) is 24.4 Å². The van der Waals surface area contributed by atoms with Crippen LogP contribution >= 0.6 is 0 Å². The van der Waals surface area contributed by atoms with Gasteiger partial charge in [0, 0.05) is 31.1 Å². The van der Waals surface area contributed by atoms with Crippen molar-refractivity contribution < 1.29 is 9.53 Å². The van der Waals surface area contributed by atoms with E-state index >= 15 is 0 Å². The number of carbonyl (C=O) groups is 1. The highest BCUT2D eigenvalue weighted by atomic mass is 16.5. The van der Waals surface area contributed by atoms with Crippen molar-refractivity contribution in [2.75, 3.05) is 19.7 Å². The molecule has 3 heterocycles. The van der Waals surface area contributed by atoms with E-state index in [2.05, 4.69) is 19.9 Å². The molecule has 1 saturated heterocycles. The number of morpholine rings is 1. The van der Waals surface area contributed by atoms with Gasteiger partial charge in [0.25, 0.3) is 5.91 Å². The highest BCUT2D eigenvalue weighted by Gasteiger charge is 2.29. The molecule has 2 fully saturated rings. The third kappa shape index (κ3) is 3.12. The number of carbonyl (C=O) groups excluding carboxylic acids is 1. The van der Waals surface area contributed by atoms with Crippen LogP contribution in [0.3, 0.4) is 0 Å². The van der Waals surface area contributed by atoms with Crippen LogP contribution in [0, 0.1) is 6.92 Å². The van der Waals surface area contributed by atoms with Gasteiger partial charge in [-0.15, -0.1) is 0 Å². The fraction of sp³-hybridized carbons (Fsp3) is 0.471. The van der Waals surface area contributed by atoms with Gasteiger partial charge in [0.2, 0.25) is 0 Å². The lowest BCUT2D eigenvalue weighted by molar-refractivity contribution is -0.0248. The summed E-state index contributed by atoms with van der Waals surface area (Å²) in [4.78, 5) is 31.6. The van der Waals surface area contributed by atoms with Crippen molar-refractivity contribution in [3.8, 4) is 0 Å². The molecule has 1 atom stereocenters. The minimum absolute atomic E-state index is 0.0589. The first kappa shape index (κ1) is 15.1. The maximum absolute atomic E-state index is 12.7. The molecule has 1 amide bonds. The summed E-state index contributed by atoms with van der Waals surface area (Å²) in [6.07, 6.45) is 7.07. The number of aromatic nitrogens is 4. The second-order valence-electron chi connectivity index (χ2n) is 6.24. The molecular formula is C17H19N5O2. The largest absolute Gasteiger partial charge is 0.368 e. The topological polar surface area (TPSA) is 81.1 Å². The Morgan fingerprint density at radius 1 is 1.25 bits per heavy atom. The lowest BCUT2D eigenvalue weighted by Gasteiger charge is -2.32. The van der Waals surface area contributed by atoms with Crippen LogP contribution in [0.5, 0.6) is 0 Å². The number of hydrogen-bond acceptors (Lipinski definition) is 6. The molecule has 1 aliphatic heterocycles. The van der Waals surface area contributed by atoms with Gasteiger partial charge >= 0.3 is 0 Å². The van der Waals surface area contributed by atoms with Crippen LogP contribution < -0.4 is 0 Å². The Bertz CT molecular complexity index is 745. The Labute approximate surface area is 140 Å². The molecule has 1 aliphatic carbocycles. The molecule has 0 radical (unpaired) electrons. The van der Waals surface area contributed by atoms with E-state index in [1.165, 1.54) is 0 Å². The number of amides is 1. The summed E-state index contributed by atoms with van der Waals surface area (Å²) in [7, 11) is 0. The predicted molar refractivity (Wildman–Crippen MR) is 85.4 cm³/mol. The SMILES string of the molecule is Cc1nccc([C@@H]2CN(C(=O)c3cnc(C4CC4)nc3)CCO2)n1. The van der Waals surface area contributed by atoms with Crippen molar-refractivity contribution in [2.24, 2.45) is 0 Å². The van der Waals surface area contributed by atoms with E-state index in [0.717, 1.165) is 24.4 Å². The molecule has 0 N–H and O–H groups in total. The molecule has 4 rings (SSSR count). The molecule has 0 unspecified atom stereocenters. The molecule has 7 nitrogen and oxygen atoms in total. The Morgan fingerprint density at radius 3 is 2.75 bits per heavy atom. The third-order valence-corrected chi connectivity index (χ3v) is 4.34. The van der Waals surface area contributed by atoms with E-state index < -0.39 is 0 Å². The fourth-order valence-electron chi connectivity index (χ4n) is 2.85. The van der Waals surface area contributed by atoms with E-state index in [1.54, 1.807) is 23.5 Å². The minimum atomic E-state index is -0.226. The van der Waals surface area contributed by atoms with Crippen LogP contribution in [0.2, 0.25) is 0 Å². The van der Waals surface area contributed by atoms with Crippen molar-refractivity contribution in [3.63, 3.8) is 0 Å². The average molecular weight is 325 g/mol. The Hall–Kier alpha value is -2.41. The maximum Gasteiger partial charge on any atom is 0.257 e. The maximum atomic E-state index is 12.7. The van der Waals surface area contributed by atoms with Gasteiger partial charge in [0.1, 0.15) is 17.8 Å². The average Bonchev–Trinajstić information content (AvgIpc) is 3.47. The lowest BCUT2D eigenvalue weighted by Crippen LogP contribution is -2.42. The van der Waals surface area contributed by atoms with E-state index in [0.29, 0.717) is 37.0 Å². The van der Waals surface area contributed by atoms with Gasteiger partial charge in [-0.3, -0.25) is 4.79 Å². The van der Waals surface area contributed by atoms with Crippen molar-refractivity contribution in [2.45, 2.75) is 31.8 Å². The molecule has 0 bridgehead atoms. The van der Waals surface area contributed by atoms with Crippen molar-refractivity contribution >= 4 is 5.91 Å².